The zero-order chi connectivity index (χ0) is 26.3. The van der Waals surface area contributed by atoms with Crippen molar-refractivity contribution in [2.24, 2.45) is 11.8 Å². The van der Waals surface area contributed by atoms with Crippen LogP contribution >= 0.6 is 0 Å². The van der Waals surface area contributed by atoms with Crippen LogP contribution in [0.15, 0.2) is 54.6 Å². The lowest BCUT2D eigenvalue weighted by atomic mass is 9.77. The molecular formula is C30H36N2O6. The molecule has 4 heterocycles. The number of hydrogen-bond donors (Lipinski definition) is 1. The van der Waals surface area contributed by atoms with Gasteiger partial charge in [0.25, 0.3) is 0 Å². The molecule has 0 bridgehead atoms. The van der Waals surface area contributed by atoms with Crippen LogP contribution in [0.25, 0.3) is 0 Å². The molecule has 2 saturated heterocycles. The Hall–Kier alpha value is -2.97. The van der Waals surface area contributed by atoms with E-state index in [-0.39, 0.29) is 31.1 Å². The van der Waals surface area contributed by atoms with Crippen LogP contribution in [0.1, 0.15) is 44.1 Å². The third-order valence-corrected chi connectivity index (χ3v) is 9.02. The lowest BCUT2D eigenvalue weighted by Gasteiger charge is -2.41. The normalized spacial score (nSPS) is 34.2. The largest absolute Gasteiger partial charge is 0.465 e. The van der Waals surface area contributed by atoms with Crippen LogP contribution in [0.4, 0.5) is 0 Å². The summed E-state index contributed by atoms with van der Waals surface area (Å²) in [6.45, 7) is 0.383. The van der Waals surface area contributed by atoms with Gasteiger partial charge in [0.05, 0.1) is 31.3 Å². The first-order valence-electron chi connectivity index (χ1n) is 14.0. The Labute approximate surface area is 223 Å². The first-order chi connectivity index (χ1) is 18.5. The molecule has 1 spiro atoms. The number of rotatable bonds is 5. The molecule has 1 unspecified atom stereocenters. The fraction of sp³-hybridized carbons (Fsp3) is 0.567. The van der Waals surface area contributed by atoms with Gasteiger partial charge >= 0.3 is 5.97 Å². The molecule has 4 aliphatic heterocycles. The molecular weight excluding hydrogens is 484 g/mol. The monoisotopic (exact) mass is 520 g/mol. The maximum atomic E-state index is 14.5. The molecule has 38 heavy (non-hydrogen) atoms. The van der Waals surface area contributed by atoms with Crippen molar-refractivity contribution in [3.63, 3.8) is 0 Å². The van der Waals surface area contributed by atoms with Gasteiger partial charge in [-0.15, -0.1) is 0 Å². The van der Waals surface area contributed by atoms with Crippen LogP contribution in [0.2, 0.25) is 0 Å². The lowest BCUT2D eigenvalue weighted by Crippen LogP contribution is -2.60. The number of aliphatic hydroxyl groups is 1. The Bertz CT molecular complexity index is 1130. The summed E-state index contributed by atoms with van der Waals surface area (Å²) in [4.78, 5) is 45.6. The van der Waals surface area contributed by atoms with E-state index in [2.05, 4.69) is 0 Å². The van der Waals surface area contributed by atoms with Gasteiger partial charge in [-0.3, -0.25) is 14.4 Å². The Kier molecular flexibility index (Phi) is 6.86. The first kappa shape index (κ1) is 25.3. The quantitative estimate of drug-likeness (QED) is 0.473. The minimum Gasteiger partial charge on any atom is -0.465 e. The van der Waals surface area contributed by atoms with Gasteiger partial charge in [-0.05, 0) is 31.2 Å². The highest BCUT2D eigenvalue weighted by Gasteiger charge is 2.72. The van der Waals surface area contributed by atoms with Crippen LogP contribution in [0, 0.1) is 11.8 Å². The Morgan fingerprint density at radius 2 is 1.82 bits per heavy atom. The van der Waals surface area contributed by atoms with E-state index in [9.17, 15) is 19.5 Å². The number of likely N-dealkylation sites (tertiary alicyclic amines) is 1. The third kappa shape index (κ3) is 4.09. The molecule has 5 aliphatic rings. The van der Waals surface area contributed by atoms with Gasteiger partial charge in [-0.1, -0.05) is 73.9 Å². The van der Waals surface area contributed by atoms with E-state index in [0.717, 1.165) is 31.2 Å². The molecule has 8 heteroatoms. The Balaban J connectivity index is 1.44. The highest BCUT2D eigenvalue weighted by Crippen LogP contribution is 2.54. The molecule has 0 radical (unpaired) electrons. The highest BCUT2D eigenvalue weighted by molar-refractivity contribution is 5.99. The van der Waals surface area contributed by atoms with Gasteiger partial charge in [0.15, 0.2) is 0 Å². The van der Waals surface area contributed by atoms with Gasteiger partial charge in [-0.25, -0.2) is 0 Å². The molecule has 8 nitrogen and oxygen atoms in total. The van der Waals surface area contributed by atoms with Gasteiger partial charge < -0.3 is 24.4 Å². The number of hydrogen-bond acceptors (Lipinski definition) is 6. The summed E-state index contributed by atoms with van der Waals surface area (Å²) in [5.74, 6) is -2.69. The number of amides is 2. The number of cyclic esters (lactones) is 1. The topological polar surface area (TPSA) is 96.4 Å². The molecule has 0 aromatic heterocycles. The van der Waals surface area contributed by atoms with Gasteiger partial charge in [-0.2, -0.15) is 0 Å². The van der Waals surface area contributed by atoms with Gasteiger partial charge in [0.1, 0.15) is 17.6 Å². The van der Waals surface area contributed by atoms with Crippen LogP contribution < -0.4 is 0 Å². The minimum atomic E-state index is -1.30. The number of fused-ring (bicyclic) bond motifs is 2. The highest BCUT2D eigenvalue weighted by atomic mass is 16.6. The molecule has 2 amide bonds. The van der Waals surface area contributed by atoms with Crippen molar-refractivity contribution in [1.82, 2.24) is 9.80 Å². The van der Waals surface area contributed by atoms with Crippen molar-refractivity contribution < 1.29 is 29.0 Å². The number of aliphatic hydroxyl groups excluding tert-OH is 1. The zero-order valence-corrected chi connectivity index (χ0v) is 21.6. The van der Waals surface area contributed by atoms with E-state index in [1.807, 2.05) is 59.5 Å². The second-order valence-corrected chi connectivity index (χ2v) is 11.2. The first-order valence-corrected chi connectivity index (χ1v) is 14.0. The maximum absolute atomic E-state index is 14.5. The van der Waals surface area contributed by atoms with E-state index in [1.54, 1.807) is 4.90 Å². The zero-order valence-electron chi connectivity index (χ0n) is 21.6. The summed E-state index contributed by atoms with van der Waals surface area (Å²) >= 11 is 0. The third-order valence-electron chi connectivity index (χ3n) is 9.02. The van der Waals surface area contributed by atoms with Gasteiger partial charge in [0.2, 0.25) is 11.8 Å². The smallest absolute Gasteiger partial charge is 0.312 e. The second kappa shape index (κ2) is 10.3. The molecule has 202 valence electrons. The molecule has 6 atom stereocenters. The Morgan fingerprint density at radius 3 is 2.58 bits per heavy atom. The fourth-order valence-corrected chi connectivity index (χ4v) is 7.32. The number of nitrogens with zero attached hydrogens (tertiary/aromatic N) is 2. The summed E-state index contributed by atoms with van der Waals surface area (Å²) in [6, 6.07) is 8.16. The van der Waals surface area contributed by atoms with Crippen molar-refractivity contribution in [1.29, 1.82) is 0 Å². The van der Waals surface area contributed by atoms with E-state index < -0.39 is 41.6 Å². The standard InChI is InChI=1S/C30H36N2O6/c33-19-22(18-20-10-3-1-4-11-20)32-26-28(35)31(21-12-5-2-6-13-21)16-9-15-30(26)25(27(32)34)24-23(38-30)14-7-8-17-37-29(24)36/h1,3-4,7,9-11,14-15,21-26,33H,2,5-6,8,12-13,16-19H2/t22-,23-,24+,25+,26?,30+/m1/s1. The predicted octanol–water partition coefficient (Wildman–Crippen LogP) is 2.40. The summed E-state index contributed by atoms with van der Waals surface area (Å²) in [7, 11) is 0. The van der Waals surface area contributed by atoms with Crippen LogP contribution in [0.3, 0.4) is 0 Å². The van der Waals surface area contributed by atoms with E-state index in [1.165, 1.54) is 6.42 Å². The number of carbonyl (C=O) groups excluding carboxylic acids is 3. The molecule has 1 aromatic carbocycles. The number of esters is 1. The Morgan fingerprint density at radius 1 is 1.03 bits per heavy atom. The number of carbonyl (C=O) groups is 3. The molecule has 1 aromatic rings. The lowest BCUT2D eigenvalue weighted by molar-refractivity contribution is -0.157. The van der Waals surface area contributed by atoms with Crippen molar-refractivity contribution in [2.45, 2.75) is 74.8 Å². The van der Waals surface area contributed by atoms with Crippen molar-refractivity contribution in [3.8, 4) is 0 Å². The molecule has 1 N–H and O–H groups in total. The predicted molar refractivity (Wildman–Crippen MR) is 139 cm³/mol. The fourth-order valence-electron chi connectivity index (χ4n) is 7.32. The summed E-state index contributed by atoms with van der Waals surface area (Å²) in [6.07, 6.45) is 13.1. The van der Waals surface area contributed by atoms with Gasteiger partial charge in [0, 0.05) is 12.6 Å². The van der Waals surface area contributed by atoms with E-state index in [4.69, 9.17) is 9.47 Å². The second-order valence-electron chi connectivity index (χ2n) is 11.2. The summed E-state index contributed by atoms with van der Waals surface area (Å²) < 4.78 is 12.2. The van der Waals surface area contributed by atoms with Crippen LogP contribution in [-0.4, -0.2) is 82.3 Å². The number of benzene rings is 1. The van der Waals surface area contributed by atoms with Crippen molar-refractivity contribution in [3.05, 3.63) is 60.2 Å². The number of ether oxygens (including phenoxy) is 2. The molecule has 1 aliphatic carbocycles. The SMILES string of the molecule is O=C1OCCC=C[C@H]2O[C@]34C=CCN(C5CCCCC5)C(=O)C3N([C@@H](CO)Cc3ccccc3)C(=O)[C@@H]4[C@@H]12. The van der Waals surface area contributed by atoms with Crippen LogP contribution in [0.5, 0.6) is 0 Å². The average molecular weight is 521 g/mol. The minimum absolute atomic E-state index is 0.105. The van der Waals surface area contributed by atoms with Crippen molar-refractivity contribution in [2.75, 3.05) is 19.8 Å². The van der Waals surface area contributed by atoms with E-state index in [0.29, 0.717) is 19.4 Å². The molecule has 1 saturated carbocycles. The van der Waals surface area contributed by atoms with Crippen LogP contribution in [-0.2, 0) is 30.3 Å². The molecule has 6 rings (SSSR count). The van der Waals surface area contributed by atoms with E-state index >= 15 is 0 Å². The van der Waals surface area contributed by atoms with Crippen molar-refractivity contribution >= 4 is 17.8 Å². The average Bonchev–Trinajstić information content (AvgIpc) is 3.32. The maximum Gasteiger partial charge on any atom is 0.312 e. The summed E-state index contributed by atoms with van der Waals surface area (Å²) in [5.41, 5.74) is -0.344. The molecule has 3 fully saturated rings. The summed E-state index contributed by atoms with van der Waals surface area (Å²) in [5, 5.41) is 10.6.